The van der Waals surface area contributed by atoms with Gasteiger partial charge in [-0.2, -0.15) is 0 Å². The number of anilines is 1. The van der Waals surface area contributed by atoms with E-state index < -0.39 is 0 Å². The highest BCUT2D eigenvalue weighted by atomic mass is 16.5. The van der Waals surface area contributed by atoms with Crippen molar-refractivity contribution in [2.45, 2.75) is 56.7 Å². The molecule has 2 saturated heterocycles. The Morgan fingerprint density at radius 1 is 0.970 bits per heavy atom. The van der Waals surface area contributed by atoms with Crippen molar-refractivity contribution >= 4 is 5.82 Å². The van der Waals surface area contributed by atoms with Gasteiger partial charge >= 0.3 is 0 Å². The van der Waals surface area contributed by atoms with Crippen molar-refractivity contribution < 1.29 is 9.84 Å². The van der Waals surface area contributed by atoms with E-state index in [-0.39, 0.29) is 16.8 Å². The molecule has 2 aliphatic heterocycles. The summed E-state index contributed by atoms with van der Waals surface area (Å²) < 4.78 is 5.31. The van der Waals surface area contributed by atoms with Gasteiger partial charge in [-0.1, -0.05) is 18.2 Å². The molecule has 3 aromatic rings. The van der Waals surface area contributed by atoms with Gasteiger partial charge in [0, 0.05) is 29.7 Å². The fourth-order valence-electron chi connectivity index (χ4n) is 5.67. The average Bonchev–Trinajstić information content (AvgIpc) is 3.05. The Morgan fingerprint density at radius 2 is 1.70 bits per heavy atom. The van der Waals surface area contributed by atoms with Crippen LogP contribution >= 0.6 is 0 Å². The maximum atomic E-state index is 10.7. The first kappa shape index (κ1) is 21.7. The van der Waals surface area contributed by atoms with E-state index >= 15 is 0 Å². The molecule has 3 heterocycles. The number of ether oxygens (including phenoxy) is 1. The van der Waals surface area contributed by atoms with Gasteiger partial charge in [-0.15, -0.1) is 10.2 Å². The maximum Gasteiger partial charge on any atom is 0.151 e. The molecule has 0 amide bonds. The van der Waals surface area contributed by atoms with Crippen LogP contribution in [0.15, 0.2) is 54.6 Å². The summed E-state index contributed by atoms with van der Waals surface area (Å²) in [5.74, 6) is 1.83. The van der Waals surface area contributed by atoms with E-state index in [0.717, 1.165) is 35.5 Å². The van der Waals surface area contributed by atoms with E-state index in [4.69, 9.17) is 4.74 Å². The minimum absolute atomic E-state index is 0.182. The molecular formula is C27H32N4O2. The Bertz CT molecular complexity index is 1150. The summed E-state index contributed by atoms with van der Waals surface area (Å²) in [5, 5.41) is 23.5. The molecule has 0 aliphatic carbocycles. The number of hydrogen-bond acceptors (Lipinski definition) is 6. The highest BCUT2D eigenvalue weighted by molar-refractivity contribution is 5.75. The molecule has 0 spiro atoms. The fraction of sp³-hybridized carbons (Fsp3) is 0.407. The molecule has 1 aromatic heterocycles. The highest BCUT2D eigenvalue weighted by Gasteiger charge is 2.49. The lowest BCUT2D eigenvalue weighted by Crippen LogP contribution is -2.58. The second-order valence-corrected chi connectivity index (χ2v) is 10.2. The fourth-order valence-corrected chi connectivity index (χ4v) is 5.67. The van der Waals surface area contributed by atoms with Crippen molar-refractivity contribution in [3.05, 3.63) is 54.6 Å². The molecule has 0 unspecified atom stereocenters. The summed E-state index contributed by atoms with van der Waals surface area (Å²) in [4.78, 5) is 2.27. The second-order valence-electron chi connectivity index (χ2n) is 10.2. The molecule has 6 heteroatoms. The lowest BCUT2D eigenvalue weighted by atomic mass is 9.84. The normalized spacial score (nSPS) is 26.2. The van der Waals surface area contributed by atoms with Gasteiger partial charge in [-0.3, -0.25) is 0 Å². The smallest absolute Gasteiger partial charge is 0.151 e. The number of benzene rings is 2. The zero-order chi connectivity index (χ0) is 23.2. The van der Waals surface area contributed by atoms with Crippen LogP contribution < -0.4 is 15.0 Å². The van der Waals surface area contributed by atoms with Gasteiger partial charge in [0.1, 0.15) is 11.5 Å². The van der Waals surface area contributed by atoms with E-state index in [1.54, 1.807) is 13.2 Å². The molecule has 2 aromatic carbocycles. The quantitative estimate of drug-likeness (QED) is 0.576. The Kier molecular flexibility index (Phi) is 5.28. The average molecular weight is 445 g/mol. The Hall–Kier alpha value is -3.12. The van der Waals surface area contributed by atoms with Gasteiger partial charge < -0.3 is 20.1 Å². The number of aromatic nitrogens is 2. The largest absolute Gasteiger partial charge is 0.507 e. The molecule has 5 rings (SSSR count). The Morgan fingerprint density at radius 3 is 2.33 bits per heavy atom. The van der Waals surface area contributed by atoms with Crippen molar-refractivity contribution in [2.24, 2.45) is 0 Å². The summed E-state index contributed by atoms with van der Waals surface area (Å²) >= 11 is 0. The number of rotatable bonds is 5. The highest BCUT2D eigenvalue weighted by Crippen LogP contribution is 2.44. The SMILES string of the molecule is COc1cccc(-c2ccc(-c3ccc(N(C)[C@H]4C[C@]5(C)CC[C@](C)(C4)N5)nn3)c(O)c2)c1. The summed E-state index contributed by atoms with van der Waals surface area (Å²) in [7, 11) is 3.77. The lowest BCUT2D eigenvalue weighted by molar-refractivity contribution is 0.207. The first-order valence-electron chi connectivity index (χ1n) is 11.6. The standard InChI is InChI=1S/C27H32N4O2/c1-26-12-13-27(2,30-26)17-20(16-26)31(3)25-11-10-23(28-29-25)22-9-8-19(15-24(22)32)18-6-5-7-21(14-18)33-4/h5-11,14-15,20,30,32H,12-13,16-17H2,1-4H3/t20-,26-,27+. The molecule has 0 radical (unpaired) electrons. The van der Waals surface area contributed by atoms with Gasteiger partial charge in [0.25, 0.3) is 0 Å². The molecule has 172 valence electrons. The predicted molar refractivity (Wildman–Crippen MR) is 132 cm³/mol. The van der Waals surface area contributed by atoms with Crippen LogP contribution in [0.1, 0.15) is 39.5 Å². The Labute approximate surface area is 195 Å². The van der Waals surface area contributed by atoms with Crippen LogP contribution in [0.25, 0.3) is 22.4 Å². The van der Waals surface area contributed by atoms with E-state index in [1.165, 1.54) is 12.8 Å². The predicted octanol–water partition coefficient (Wildman–Crippen LogP) is 5.02. The Balaban J connectivity index is 1.35. The van der Waals surface area contributed by atoms with Gasteiger partial charge in [0.15, 0.2) is 5.82 Å². The number of aromatic hydroxyl groups is 1. The van der Waals surface area contributed by atoms with Gasteiger partial charge in [-0.05, 0) is 87.1 Å². The minimum atomic E-state index is 0.182. The molecule has 2 fully saturated rings. The number of phenolic OH excluding ortho intramolecular Hbond substituents is 1. The van der Waals surface area contributed by atoms with E-state index in [1.807, 2.05) is 48.5 Å². The third-order valence-corrected chi connectivity index (χ3v) is 7.44. The van der Waals surface area contributed by atoms with E-state index in [9.17, 15) is 5.11 Å². The minimum Gasteiger partial charge on any atom is -0.507 e. The molecule has 2 N–H and O–H groups in total. The first-order chi connectivity index (χ1) is 15.8. The van der Waals surface area contributed by atoms with Gasteiger partial charge in [0.05, 0.1) is 12.8 Å². The number of methoxy groups -OCH3 is 1. The molecule has 2 bridgehead atoms. The van der Waals surface area contributed by atoms with E-state index in [0.29, 0.717) is 17.3 Å². The van der Waals surface area contributed by atoms with Gasteiger partial charge in [0.2, 0.25) is 0 Å². The maximum absolute atomic E-state index is 10.7. The van der Waals surface area contributed by atoms with Crippen LogP contribution in [0.4, 0.5) is 5.82 Å². The monoisotopic (exact) mass is 444 g/mol. The number of phenols is 1. The molecule has 33 heavy (non-hydrogen) atoms. The van der Waals surface area contributed by atoms with Crippen molar-refractivity contribution in [2.75, 3.05) is 19.1 Å². The van der Waals surface area contributed by atoms with Crippen molar-refractivity contribution in [3.63, 3.8) is 0 Å². The number of nitrogens with one attached hydrogen (secondary N) is 1. The molecule has 0 saturated carbocycles. The summed E-state index contributed by atoms with van der Waals surface area (Å²) in [6.45, 7) is 4.68. The number of nitrogens with zero attached hydrogens (tertiary/aromatic N) is 3. The van der Waals surface area contributed by atoms with Gasteiger partial charge in [-0.25, -0.2) is 0 Å². The lowest BCUT2D eigenvalue weighted by Gasteiger charge is -2.45. The van der Waals surface area contributed by atoms with Crippen molar-refractivity contribution in [3.8, 4) is 33.9 Å². The topological polar surface area (TPSA) is 70.5 Å². The van der Waals surface area contributed by atoms with Crippen molar-refractivity contribution in [1.29, 1.82) is 0 Å². The summed E-state index contributed by atoms with van der Waals surface area (Å²) in [5.41, 5.74) is 3.64. The zero-order valence-corrected chi connectivity index (χ0v) is 19.8. The second kappa shape index (κ2) is 8.03. The van der Waals surface area contributed by atoms with Crippen LogP contribution in [0.5, 0.6) is 11.5 Å². The number of hydrogen-bond donors (Lipinski definition) is 2. The van der Waals surface area contributed by atoms with E-state index in [2.05, 4.69) is 41.3 Å². The van der Waals surface area contributed by atoms with Crippen LogP contribution in [0.3, 0.4) is 0 Å². The van der Waals surface area contributed by atoms with Crippen LogP contribution in [-0.4, -0.2) is 46.6 Å². The molecular weight excluding hydrogens is 412 g/mol. The first-order valence-corrected chi connectivity index (χ1v) is 11.6. The van der Waals surface area contributed by atoms with Crippen molar-refractivity contribution in [1.82, 2.24) is 15.5 Å². The zero-order valence-electron chi connectivity index (χ0n) is 19.8. The van der Waals surface area contributed by atoms with Crippen LogP contribution in [0, 0.1) is 0 Å². The molecule has 2 aliphatic rings. The molecule has 6 nitrogen and oxygen atoms in total. The third-order valence-electron chi connectivity index (χ3n) is 7.44. The number of fused-ring (bicyclic) bond motifs is 2. The number of piperidine rings is 1. The summed E-state index contributed by atoms with van der Waals surface area (Å²) in [6, 6.07) is 17.8. The molecule has 3 atom stereocenters. The van der Waals surface area contributed by atoms with Crippen LogP contribution in [-0.2, 0) is 0 Å². The third kappa shape index (κ3) is 4.15. The summed E-state index contributed by atoms with van der Waals surface area (Å²) in [6.07, 6.45) is 4.66. The van der Waals surface area contributed by atoms with Crippen LogP contribution in [0.2, 0.25) is 0 Å².